The largest absolute Gasteiger partial charge is 0.462 e. The van der Waals surface area contributed by atoms with Crippen LogP contribution in [0.2, 0.25) is 0 Å². The van der Waals surface area contributed by atoms with Crippen molar-refractivity contribution in [3.8, 4) is 11.4 Å². The Bertz CT molecular complexity index is 1260. The van der Waals surface area contributed by atoms with Crippen LogP contribution in [0, 0.1) is 5.82 Å². The summed E-state index contributed by atoms with van der Waals surface area (Å²) in [5.74, 6) is -0.807. The number of nitrogens with one attached hydrogen (secondary N) is 2. The van der Waals surface area contributed by atoms with Crippen LogP contribution in [-0.2, 0) is 4.74 Å². The first-order chi connectivity index (χ1) is 13.0. The van der Waals surface area contributed by atoms with Gasteiger partial charge in [-0.15, -0.1) is 0 Å². The molecule has 0 radical (unpaired) electrons. The van der Waals surface area contributed by atoms with Crippen LogP contribution in [0.25, 0.3) is 33.3 Å². The molecule has 2 heterocycles. The maximum absolute atomic E-state index is 14.2. The molecule has 4 rings (SSSR count). The molecule has 0 aliphatic heterocycles. The maximum Gasteiger partial charge on any atom is 0.338 e. The Morgan fingerprint density at radius 1 is 1.22 bits per heavy atom. The van der Waals surface area contributed by atoms with Gasteiger partial charge in [0.25, 0.3) is 5.56 Å². The second-order valence-electron chi connectivity index (χ2n) is 5.94. The number of halogens is 1. The fraction of sp³-hybridized carbons (Fsp3) is 0.105. The number of aromatic amines is 2. The topological polar surface area (TPSA) is 114 Å². The molecule has 0 aliphatic rings. The van der Waals surface area contributed by atoms with Crippen molar-refractivity contribution in [2.45, 2.75) is 6.92 Å². The van der Waals surface area contributed by atoms with Crippen molar-refractivity contribution in [2.24, 2.45) is 0 Å². The molecule has 2 aromatic carbocycles. The molecular formula is C19H15FN4O3. The van der Waals surface area contributed by atoms with Crippen LogP contribution in [0.1, 0.15) is 17.3 Å². The van der Waals surface area contributed by atoms with Crippen molar-refractivity contribution >= 4 is 33.6 Å². The fourth-order valence-electron chi connectivity index (χ4n) is 3.04. The van der Waals surface area contributed by atoms with Gasteiger partial charge in [-0.1, -0.05) is 6.07 Å². The lowest BCUT2D eigenvalue weighted by Gasteiger charge is -2.07. The summed E-state index contributed by atoms with van der Waals surface area (Å²) in [6.45, 7) is 1.98. The molecule has 0 saturated carbocycles. The molecule has 27 heavy (non-hydrogen) atoms. The van der Waals surface area contributed by atoms with E-state index in [9.17, 15) is 14.0 Å². The maximum atomic E-state index is 14.2. The normalized spacial score (nSPS) is 11.2. The van der Waals surface area contributed by atoms with Crippen LogP contribution >= 0.6 is 0 Å². The van der Waals surface area contributed by atoms with Crippen LogP contribution < -0.4 is 11.3 Å². The molecule has 0 bridgehead atoms. The molecule has 7 nitrogen and oxygen atoms in total. The lowest BCUT2D eigenvalue weighted by Crippen LogP contribution is -2.13. The molecule has 0 unspecified atom stereocenters. The molecule has 4 aromatic rings. The second kappa shape index (κ2) is 6.24. The quantitative estimate of drug-likeness (QED) is 0.482. The number of imidazole rings is 1. The van der Waals surface area contributed by atoms with Gasteiger partial charge in [0.15, 0.2) is 0 Å². The van der Waals surface area contributed by atoms with Gasteiger partial charge in [0.05, 0.1) is 39.8 Å². The number of rotatable bonds is 3. The number of anilines is 1. The molecule has 0 aliphatic carbocycles. The molecule has 0 atom stereocenters. The molecule has 136 valence electrons. The minimum absolute atomic E-state index is 0.00322. The first kappa shape index (κ1) is 16.8. The number of esters is 1. The van der Waals surface area contributed by atoms with E-state index in [1.165, 1.54) is 12.1 Å². The zero-order valence-corrected chi connectivity index (χ0v) is 14.3. The van der Waals surface area contributed by atoms with Crippen LogP contribution in [0.15, 0.2) is 41.2 Å². The molecule has 0 fully saturated rings. The number of fused-ring (bicyclic) bond motifs is 2. The Kier molecular flexibility index (Phi) is 3.88. The summed E-state index contributed by atoms with van der Waals surface area (Å²) >= 11 is 0. The highest BCUT2D eigenvalue weighted by Crippen LogP contribution is 2.29. The van der Waals surface area contributed by atoms with Crippen molar-refractivity contribution in [3.05, 3.63) is 58.1 Å². The summed E-state index contributed by atoms with van der Waals surface area (Å²) < 4.78 is 19.2. The fourth-order valence-corrected chi connectivity index (χ4v) is 3.04. The monoisotopic (exact) mass is 366 g/mol. The van der Waals surface area contributed by atoms with Gasteiger partial charge < -0.3 is 20.4 Å². The predicted octanol–water partition coefficient (Wildman–Crippen LogP) is 2.97. The zero-order valence-electron chi connectivity index (χ0n) is 14.3. The average Bonchev–Trinajstić information content (AvgIpc) is 3.04. The number of carbonyl (C=O) groups excluding carboxylic acids is 1. The van der Waals surface area contributed by atoms with Gasteiger partial charge in [0.2, 0.25) is 0 Å². The van der Waals surface area contributed by atoms with E-state index in [0.717, 1.165) is 0 Å². The summed E-state index contributed by atoms with van der Waals surface area (Å²) in [7, 11) is 0. The van der Waals surface area contributed by atoms with E-state index >= 15 is 0 Å². The van der Waals surface area contributed by atoms with Crippen molar-refractivity contribution < 1.29 is 13.9 Å². The van der Waals surface area contributed by atoms with E-state index in [4.69, 9.17) is 10.5 Å². The number of pyridine rings is 1. The van der Waals surface area contributed by atoms with Crippen molar-refractivity contribution in [2.75, 3.05) is 12.3 Å². The molecular weight excluding hydrogens is 351 g/mol. The van der Waals surface area contributed by atoms with Crippen molar-refractivity contribution in [3.63, 3.8) is 0 Å². The molecule has 0 spiro atoms. The Balaban J connectivity index is 1.91. The number of nitrogen functional groups attached to an aromatic ring is 1. The zero-order chi connectivity index (χ0) is 19.1. The minimum atomic E-state index is -0.539. The Morgan fingerprint density at radius 3 is 2.81 bits per heavy atom. The minimum Gasteiger partial charge on any atom is -0.462 e. The molecule has 2 aromatic heterocycles. The van der Waals surface area contributed by atoms with Crippen molar-refractivity contribution in [1.82, 2.24) is 15.0 Å². The van der Waals surface area contributed by atoms with E-state index in [1.807, 2.05) is 0 Å². The van der Waals surface area contributed by atoms with Crippen LogP contribution in [-0.4, -0.2) is 27.5 Å². The lowest BCUT2D eigenvalue weighted by atomic mass is 10.1. The first-order valence-corrected chi connectivity index (χ1v) is 8.27. The number of H-pyrrole nitrogens is 2. The van der Waals surface area contributed by atoms with Gasteiger partial charge in [-0.2, -0.15) is 0 Å². The SMILES string of the molecule is CCOC(=O)c1ccc2nc(-c3c(N)c4c(F)cccc4[nH]c3=O)[nH]c2c1. The third kappa shape index (κ3) is 2.71. The number of carbonyl (C=O) groups is 1. The third-order valence-corrected chi connectivity index (χ3v) is 4.26. The predicted molar refractivity (Wildman–Crippen MR) is 100.0 cm³/mol. The van der Waals surface area contributed by atoms with Gasteiger partial charge in [0, 0.05) is 0 Å². The number of benzene rings is 2. The Labute approximate surface area is 152 Å². The van der Waals surface area contributed by atoms with Crippen LogP contribution in [0.5, 0.6) is 0 Å². The smallest absolute Gasteiger partial charge is 0.338 e. The van der Waals surface area contributed by atoms with Gasteiger partial charge in [-0.3, -0.25) is 4.79 Å². The second-order valence-corrected chi connectivity index (χ2v) is 5.94. The third-order valence-electron chi connectivity index (χ3n) is 4.26. The highest BCUT2D eigenvalue weighted by atomic mass is 19.1. The van der Waals surface area contributed by atoms with E-state index in [1.54, 1.807) is 31.2 Å². The van der Waals surface area contributed by atoms with E-state index < -0.39 is 17.3 Å². The van der Waals surface area contributed by atoms with E-state index in [2.05, 4.69) is 15.0 Å². The van der Waals surface area contributed by atoms with Crippen LogP contribution in [0.4, 0.5) is 10.1 Å². The van der Waals surface area contributed by atoms with Crippen LogP contribution in [0.3, 0.4) is 0 Å². The van der Waals surface area contributed by atoms with E-state index in [0.29, 0.717) is 22.1 Å². The highest BCUT2D eigenvalue weighted by Gasteiger charge is 2.18. The average molecular weight is 366 g/mol. The summed E-state index contributed by atoms with van der Waals surface area (Å²) in [6, 6.07) is 9.13. The summed E-state index contributed by atoms with van der Waals surface area (Å²) in [5, 5.41) is 0.125. The first-order valence-electron chi connectivity index (χ1n) is 8.27. The Hall–Kier alpha value is -3.68. The Morgan fingerprint density at radius 2 is 2.04 bits per heavy atom. The van der Waals surface area contributed by atoms with Gasteiger partial charge in [-0.25, -0.2) is 14.2 Å². The van der Waals surface area contributed by atoms with Crippen molar-refractivity contribution in [1.29, 1.82) is 0 Å². The molecule has 4 N–H and O–H groups in total. The molecule has 0 amide bonds. The molecule has 8 heteroatoms. The molecule has 0 saturated heterocycles. The lowest BCUT2D eigenvalue weighted by molar-refractivity contribution is 0.0526. The summed E-state index contributed by atoms with van der Waals surface area (Å²) in [5.41, 5.74) is 7.37. The van der Waals surface area contributed by atoms with Gasteiger partial charge >= 0.3 is 5.97 Å². The van der Waals surface area contributed by atoms with Gasteiger partial charge in [-0.05, 0) is 37.3 Å². The summed E-state index contributed by atoms with van der Waals surface area (Å²) in [4.78, 5) is 34.3. The number of hydrogen-bond donors (Lipinski definition) is 3. The van der Waals surface area contributed by atoms with E-state index in [-0.39, 0.29) is 29.1 Å². The van der Waals surface area contributed by atoms with Gasteiger partial charge in [0.1, 0.15) is 17.2 Å². The number of hydrogen-bond acceptors (Lipinski definition) is 5. The standard InChI is InChI=1S/C19H15FN4O3/c1-2-27-19(26)9-6-7-11-13(8-9)23-17(22-11)15-16(21)14-10(20)4-3-5-12(14)24-18(15)25/h3-8H,2H2,1H3,(H,22,23)(H3,21,24,25). The number of nitrogens with zero attached hydrogens (tertiary/aromatic N) is 1. The number of nitrogens with two attached hydrogens (primary N) is 1. The number of ether oxygens (including phenoxy) is 1. The summed E-state index contributed by atoms with van der Waals surface area (Å²) in [6.07, 6.45) is 0. The highest BCUT2D eigenvalue weighted by molar-refractivity contribution is 5.99. The number of aromatic nitrogens is 3.